The van der Waals surface area contributed by atoms with Crippen molar-refractivity contribution in [2.45, 2.75) is 20.3 Å². The third kappa shape index (κ3) is 7.20. The molecule has 0 saturated carbocycles. The first-order valence-corrected chi connectivity index (χ1v) is 15.7. The van der Waals surface area contributed by atoms with Gasteiger partial charge in [-0.25, -0.2) is 4.98 Å². The summed E-state index contributed by atoms with van der Waals surface area (Å²) in [5.41, 5.74) is 5.73. The fourth-order valence-electron chi connectivity index (χ4n) is 4.50. The number of nitrogens with zero attached hydrogens (tertiary/aromatic N) is 4. The van der Waals surface area contributed by atoms with Crippen molar-refractivity contribution in [3.05, 3.63) is 57.7 Å². The summed E-state index contributed by atoms with van der Waals surface area (Å²) in [6.07, 6.45) is 2.78. The molecule has 0 amide bonds. The van der Waals surface area contributed by atoms with Crippen LogP contribution in [0.2, 0.25) is 0 Å². The van der Waals surface area contributed by atoms with Gasteiger partial charge in [-0.1, -0.05) is 19.6 Å². The lowest BCUT2D eigenvalue weighted by molar-refractivity contribution is 0.155. The lowest BCUT2D eigenvalue weighted by Crippen LogP contribution is -2.45. The lowest BCUT2D eigenvalue weighted by atomic mass is 10.0. The van der Waals surface area contributed by atoms with Gasteiger partial charge < -0.3 is 25.2 Å². The predicted octanol–water partition coefficient (Wildman–Crippen LogP) is 5.51. The Morgan fingerprint density at radius 1 is 1.03 bits per heavy atom. The smallest absolute Gasteiger partial charge is 0.229 e. The maximum absolute atomic E-state index is 5.76. The normalized spacial score (nSPS) is 14.7. The van der Waals surface area contributed by atoms with Gasteiger partial charge in [0.2, 0.25) is 5.95 Å². The molecule has 1 aromatic heterocycles. The number of likely N-dealkylation sites (N-methyl/N-ethyl adjacent to an activating group) is 1. The van der Waals surface area contributed by atoms with Crippen LogP contribution in [0.25, 0.3) is 0 Å². The van der Waals surface area contributed by atoms with E-state index in [4.69, 9.17) is 9.72 Å². The fourth-order valence-corrected chi connectivity index (χ4v) is 5.86. The number of piperazine rings is 1. The van der Waals surface area contributed by atoms with Crippen molar-refractivity contribution in [2.75, 3.05) is 70.8 Å². The van der Waals surface area contributed by atoms with Crippen LogP contribution in [0.4, 0.5) is 23.1 Å². The van der Waals surface area contributed by atoms with Gasteiger partial charge >= 0.3 is 0 Å². The Kier molecular flexibility index (Phi) is 9.41. The van der Waals surface area contributed by atoms with Crippen LogP contribution in [0.1, 0.15) is 16.7 Å². The Morgan fingerprint density at radius 3 is 2.49 bits per heavy atom. The summed E-state index contributed by atoms with van der Waals surface area (Å²) in [4.78, 5) is 14.2. The zero-order valence-electron chi connectivity index (χ0n) is 22.7. The van der Waals surface area contributed by atoms with Gasteiger partial charge in [0.25, 0.3) is 0 Å². The average Bonchev–Trinajstić information content (AvgIpc) is 2.87. The largest absolute Gasteiger partial charge is 0.495 e. The molecule has 0 spiro atoms. The molecule has 0 atom stereocenters. The van der Waals surface area contributed by atoms with Gasteiger partial charge in [-0.15, -0.1) is 0 Å². The van der Waals surface area contributed by atoms with E-state index in [1.165, 1.54) is 22.0 Å². The van der Waals surface area contributed by atoms with Crippen LogP contribution in [-0.4, -0.2) is 80.0 Å². The Hall–Kier alpha value is -2.25. The van der Waals surface area contributed by atoms with Gasteiger partial charge in [-0.3, -0.25) is 0 Å². The molecule has 7 nitrogen and oxygen atoms in total. The van der Waals surface area contributed by atoms with Crippen molar-refractivity contribution < 1.29 is 4.74 Å². The first-order valence-electron chi connectivity index (χ1n) is 12.7. The molecular formula is C28H38BrN6OP. The molecule has 2 aromatic carbocycles. The maximum atomic E-state index is 5.76. The van der Waals surface area contributed by atoms with E-state index in [1.54, 1.807) is 13.3 Å². The minimum atomic E-state index is -0.268. The van der Waals surface area contributed by atoms with Crippen LogP contribution < -0.4 is 20.7 Å². The molecule has 1 saturated heterocycles. The van der Waals surface area contributed by atoms with Gasteiger partial charge in [0.05, 0.1) is 17.3 Å². The van der Waals surface area contributed by atoms with Gasteiger partial charge in [0.15, 0.2) is 0 Å². The van der Waals surface area contributed by atoms with E-state index in [-0.39, 0.29) is 7.92 Å². The van der Waals surface area contributed by atoms with Crippen molar-refractivity contribution >= 4 is 52.3 Å². The van der Waals surface area contributed by atoms with E-state index in [2.05, 4.69) is 106 Å². The Labute approximate surface area is 230 Å². The molecule has 1 fully saturated rings. The minimum absolute atomic E-state index is 0.268. The molecule has 198 valence electrons. The van der Waals surface area contributed by atoms with E-state index < -0.39 is 0 Å². The molecule has 0 aliphatic carbocycles. The van der Waals surface area contributed by atoms with Crippen LogP contribution in [0.5, 0.6) is 5.75 Å². The predicted molar refractivity (Wildman–Crippen MR) is 161 cm³/mol. The Bertz CT molecular complexity index is 1230. The van der Waals surface area contributed by atoms with Crippen molar-refractivity contribution in [3.8, 4) is 5.75 Å². The highest BCUT2D eigenvalue weighted by molar-refractivity contribution is 9.10. The zero-order chi connectivity index (χ0) is 26.5. The summed E-state index contributed by atoms with van der Waals surface area (Å²) in [6, 6.07) is 10.8. The number of halogens is 1. The highest BCUT2D eigenvalue weighted by Gasteiger charge is 2.16. The maximum Gasteiger partial charge on any atom is 0.229 e. The number of hydrogen-bond acceptors (Lipinski definition) is 7. The second kappa shape index (κ2) is 12.5. The minimum Gasteiger partial charge on any atom is -0.495 e. The number of aryl methyl sites for hydroxylation is 2. The Morgan fingerprint density at radius 2 is 1.78 bits per heavy atom. The van der Waals surface area contributed by atoms with Crippen molar-refractivity contribution in [3.63, 3.8) is 0 Å². The number of methoxy groups -OCH3 is 1. The third-order valence-electron chi connectivity index (χ3n) is 6.83. The summed E-state index contributed by atoms with van der Waals surface area (Å²) in [5.74, 6) is 2.03. The highest BCUT2D eigenvalue weighted by Crippen LogP contribution is 2.34. The fraction of sp³-hybridized carbons (Fsp3) is 0.429. The first kappa shape index (κ1) is 27.8. The van der Waals surface area contributed by atoms with Gasteiger partial charge in [-0.05, 0) is 97.3 Å². The van der Waals surface area contributed by atoms with Crippen molar-refractivity contribution in [1.29, 1.82) is 0 Å². The van der Waals surface area contributed by atoms with Crippen LogP contribution in [0.3, 0.4) is 0 Å². The molecule has 4 rings (SSSR count). The van der Waals surface area contributed by atoms with E-state index in [0.29, 0.717) is 5.95 Å². The molecule has 3 aromatic rings. The SMILES string of the molecule is COc1cc(CCN2CCN(C)CC2)c(C)cc1Nc1ncc(Br)c(Nc2ccc(C)cc2P(C)C)n1. The third-order valence-corrected chi connectivity index (χ3v) is 8.74. The van der Waals surface area contributed by atoms with Crippen LogP contribution in [0.15, 0.2) is 41.0 Å². The zero-order valence-corrected chi connectivity index (χ0v) is 25.2. The molecule has 9 heteroatoms. The topological polar surface area (TPSA) is 65.6 Å². The average molecular weight is 586 g/mol. The highest BCUT2D eigenvalue weighted by atomic mass is 79.9. The number of benzene rings is 2. The Balaban J connectivity index is 1.51. The molecule has 2 heterocycles. The second-order valence-electron chi connectivity index (χ2n) is 9.93. The molecule has 1 aliphatic rings. The van der Waals surface area contributed by atoms with Crippen LogP contribution in [0, 0.1) is 13.8 Å². The van der Waals surface area contributed by atoms with Crippen molar-refractivity contribution in [2.24, 2.45) is 0 Å². The molecule has 2 N–H and O–H groups in total. The molecular weight excluding hydrogens is 547 g/mol. The number of aromatic nitrogens is 2. The molecule has 1 aliphatic heterocycles. The van der Waals surface area contributed by atoms with E-state index in [9.17, 15) is 0 Å². The standard InChI is InChI=1S/C28H38BrN6OP/c1-19-7-8-23(26(15-19)37(5)6)31-27-22(29)18-30-28(33-27)32-24-16-20(2)21(17-25(24)36-4)9-10-35-13-11-34(3)12-14-35/h7-8,15-18H,9-14H2,1-6H3,(H2,30,31,32,33). The van der Waals surface area contributed by atoms with Crippen molar-refractivity contribution in [1.82, 2.24) is 19.8 Å². The summed E-state index contributed by atoms with van der Waals surface area (Å²) < 4.78 is 6.57. The van der Waals surface area contributed by atoms with Gasteiger partial charge in [0, 0.05) is 44.6 Å². The quantitative estimate of drug-likeness (QED) is 0.321. The summed E-state index contributed by atoms with van der Waals surface area (Å²) in [5, 5.41) is 8.22. The van der Waals surface area contributed by atoms with Gasteiger partial charge in [0.1, 0.15) is 11.6 Å². The second-order valence-corrected chi connectivity index (χ2v) is 13.1. The van der Waals surface area contributed by atoms with E-state index in [1.807, 2.05) is 0 Å². The molecule has 0 bridgehead atoms. The molecule has 0 unspecified atom stereocenters. The summed E-state index contributed by atoms with van der Waals surface area (Å²) in [6.45, 7) is 14.4. The van der Waals surface area contributed by atoms with E-state index in [0.717, 1.165) is 66.6 Å². The molecule has 0 radical (unpaired) electrons. The van der Waals surface area contributed by atoms with E-state index >= 15 is 0 Å². The monoisotopic (exact) mass is 584 g/mol. The lowest BCUT2D eigenvalue weighted by Gasteiger charge is -2.32. The van der Waals surface area contributed by atoms with Crippen LogP contribution >= 0.6 is 23.9 Å². The summed E-state index contributed by atoms with van der Waals surface area (Å²) >= 11 is 3.61. The molecule has 37 heavy (non-hydrogen) atoms. The number of nitrogens with one attached hydrogen (secondary N) is 2. The number of hydrogen-bond donors (Lipinski definition) is 2. The number of anilines is 4. The number of rotatable bonds is 9. The van der Waals surface area contributed by atoms with Crippen LogP contribution in [-0.2, 0) is 6.42 Å². The number of ether oxygens (including phenoxy) is 1. The van der Waals surface area contributed by atoms with Gasteiger partial charge in [-0.2, -0.15) is 4.98 Å². The first-order chi connectivity index (χ1) is 17.7. The summed E-state index contributed by atoms with van der Waals surface area (Å²) in [7, 11) is 3.64.